The number of rotatable bonds is 11. The summed E-state index contributed by atoms with van der Waals surface area (Å²) in [5.74, 6) is -0.268. The minimum absolute atomic E-state index is 0.0772. The number of nitrogens with zero attached hydrogens (tertiary/aromatic N) is 4. The molecular weight excluding hydrogens is 601 g/mol. The molecule has 1 aliphatic rings. The molecule has 2 aromatic heterocycles. The van der Waals surface area contributed by atoms with Crippen molar-refractivity contribution in [2.45, 2.75) is 19.2 Å². The first kappa shape index (κ1) is 31.0. The zero-order valence-corrected chi connectivity index (χ0v) is 24.6. The Labute approximate surface area is 262 Å². The van der Waals surface area contributed by atoms with Gasteiger partial charge in [-0.25, -0.2) is 17.7 Å². The molecule has 10 nitrogen and oxygen atoms in total. The number of fused-ring (bicyclic) bond motifs is 1. The summed E-state index contributed by atoms with van der Waals surface area (Å²) in [7, 11) is 0. The van der Waals surface area contributed by atoms with E-state index in [4.69, 9.17) is 9.47 Å². The highest BCUT2D eigenvalue weighted by Crippen LogP contribution is 2.30. The quantitative estimate of drug-likeness (QED) is 0.171. The van der Waals surface area contributed by atoms with E-state index in [0.29, 0.717) is 55.3 Å². The molecule has 3 N–H and O–H groups in total. The number of aromatic nitrogens is 3. The summed E-state index contributed by atoms with van der Waals surface area (Å²) in [4.78, 5) is 19.1. The van der Waals surface area contributed by atoms with Crippen LogP contribution in [-0.2, 0) is 11.3 Å². The smallest absolute Gasteiger partial charge is 0.272 e. The summed E-state index contributed by atoms with van der Waals surface area (Å²) in [5, 5.41) is 21.1. The van der Waals surface area contributed by atoms with E-state index in [1.807, 2.05) is 30.3 Å². The molecule has 46 heavy (non-hydrogen) atoms. The number of morpholine rings is 1. The Balaban J connectivity index is 1.15. The van der Waals surface area contributed by atoms with Gasteiger partial charge in [-0.1, -0.05) is 36.4 Å². The van der Waals surface area contributed by atoms with Crippen LogP contribution < -0.4 is 15.4 Å². The zero-order valence-electron chi connectivity index (χ0n) is 24.6. The van der Waals surface area contributed by atoms with Crippen LogP contribution in [0.15, 0.2) is 85.1 Å². The van der Waals surface area contributed by atoms with Gasteiger partial charge in [0.2, 0.25) is 5.95 Å². The van der Waals surface area contributed by atoms with Crippen molar-refractivity contribution in [3.63, 3.8) is 0 Å². The average molecular weight is 633 g/mol. The number of amides is 1. The Hall–Kier alpha value is -4.98. The molecule has 1 atom stereocenters. The second-order valence-electron chi connectivity index (χ2n) is 10.6. The first-order chi connectivity index (χ1) is 22.3. The van der Waals surface area contributed by atoms with Crippen LogP contribution in [0, 0.1) is 5.82 Å². The van der Waals surface area contributed by atoms with Gasteiger partial charge < -0.3 is 24.8 Å². The Morgan fingerprint density at radius 1 is 0.978 bits per heavy atom. The number of nitrogens with one attached hydrogen (secondary N) is 2. The van der Waals surface area contributed by atoms with Crippen molar-refractivity contribution < 1.29 is 32.5 Å². The molecule has 3 aromatic carbocycles. The van der Waals surface area contributed by atoms with Gasteiger partial charge in [0, 0.05) is 37.0 Å². The maximum Gasteiger partial charge on any atom is 0.272 e. The lowest BCUT2D eigenvalue weighted by atomic mass is 10.0. The fourth-order valence-electron chi connectivity index (χ4n) is 5.00. The fraction of sp³-hybridized carbons (Fsp3) is 0.242. The minimum Gasteiger partial charge on any atom is -0.485 e. The number of halogens is 3. The van der Waals surface area contributed by atoms with Gasteiger partial charge in [-0.3, -0.25) is 10.1 Å². The SMILES string of the molecule is O=C(c1ccc(Nc2nc3ccc(-c4ccc(C(O)NCc5ccc(F)cc5)cc4)cn3n2)c(OCC(F)F)c1)N1CCOCC1. The highest BCUT2D eigenvalue weighted by Gasteiger charge is 2.21. The van der Waals surface area contributed by atoms with Crippen LogP contribution in [0.5, 0.6) is 5.75 Å². The summed E-state index contributed by atoms with van der Waals surface area (Å²) in [6, 6.07) is 21.7. The van der Waals surface area contributed by atoms with Gasteiger partial charge in [0.1, 0.15) is 24.4 Å². The van der Waals surface area contributed by atoms with E-state index in [1.165, 1.54) is 18.2 Å². The molecule has 0 radical (unpaired) electrons. The molecule has 0 bridgehead atoms. The van der Waals surface area contributed by atoms with E-state index in [1.54, 1.807) is 45.9 Å². The highest BCUT2D eigenvalue weighted by atomic mass is 19.3. The molecule has 13 heteroatoms. The van der Waals surface area contributed by atoms with E-state index in [-0.39, 0.29) is 23.4 Å². The summed E-state index contributed by atoms with van der Waals surface area (Å²) in [5.41, 5.74) is 4.42. The van der Waals surface area contributed by atoms with Crippen LogP contribution in [0.2, 0.25) is 0 Å². The molecule has 3 heterocycles. The number of aliphatic hydroxyl groups is 1. The van der Waals surface area contributed by atoms with Crippen LogP contribution in [0.4, 0.5) is 24.8 Å². The first-order valence-electron chi connectivity index (χ1n) is 14.6. The maximum absolute atomic E-state index is 13.1. The topological polar surface area (TPSA) is 113 Å². The average Bonchev–Trinajstić information content (AvgIpc) is 3.49. The van der Waals surface area contributed by atoms with Crippen LogP contribution in [0.3, 0.4) is 0 Å². The highest BCUT2D eigenvalue weighted by molar-refractivity contribution is 5.95. The summed E-state index contributed by atoms with van der Waals surface area (Å²) < 4.78 is 51.4. The second kappa shape index (κ2) is 14.0. The number of pyridine rings is 1. The van der Waals surface area contributed by atoms with E-state index in [0.717, 1.165) is 16.7 Å². The van der Waals surface area contributed by atoms with Crippen molar-refractivity contribution in [2.24, 2.45) is 0 Å². The molecular formula is C33H31F3N6O4. The minimum atomic E-state index is -2.70. The molecule has 1 amide bonds. The lowest BCUT2D eigenvalue weighted by molar-refractivity contribution is 0.0302. The second-order valence-corrected chi connectivity index (χ2v) is 10.6. The van der Waals surface area contributed by atoms with E-state index < -0.39 is 19.3 Å². The van der Waals surface area contributed by atoms with Crippen LogP contribution in [0.1, 0.15) is 27.7 Å². The van der Waals surface area contributed by atoms with Gasteiger partial charge in [-0.2, -0.15) is 4.98 Å². The molecule has 1 fully saturated rings. The maximum atomic E-state index is 13.1. The van der Waals surface area contributed by atoms with Crippen molar-refractivity contribution in [3.8, 4) is 16.9 Å². The van der Waals surface area contributed by atoms with Gasteiger partial charge in [0.05, 0.1) is 18.9 Å². The monoisotopic (exact) mass is 632 g/mol. The number of hydrogen-bond donors (Lipinski definition) is 3. The van der Waals surface area contributed by atoms with Gasteiger partial charge >= 0.3 is 0 Å². The number of benzene rings is 3. The van der Waals surface area contributed by atoms with Gasteiger partial charge in [-0.15, -0.1) is 5.10 Å². The largest absolute Gasteiger partial charge is 0.485 e. The third-order valence-electron chi connectivity index (χ3n) is 7.44. The number of aliphatic hydroxyl groups excluding tert-OH is 1. The Kier molecular flexibility index (Phi) is 9.43. The third kappa shape index (κ3) is 7.45. The van der Waals surface area contributed by atoms with Gasteiger partial charge in [0.25, 0.3) is 12.3 Å². The lowest BCUT2D eigenvalue weighted by Crippen LogP contribution is -2.40. The first-order valence-corrected chi connectivity index (χ1v) is 14.6. The standard InChI is InChI=1S/C33H31F3N6O4/c34-26-9-1-21(2-10-26)18-37-31(43)23-5-3-22(4-6-23)25-8-12-30-39-33(40-42(30)19-25)38-27-11-7-24(17-28(27)46-20-29(35)36)32(44)41-13-15-45-16-14-41/h1-12,17,19,29,31,37,43H,13-16,18,20H2,(H,38,40). The van der Waals surface area contributed by atoms with E-state index >= 15 is 0 Å². The van der Waals surface area contributed by atoms with E-state index in [2.05, 4.69) is 20.7 Å². The number of ether oxygens (including phenoxy) is 2. The summed E-state index contributed by atoms with van der Waals surface area (Å²) in [6.07, 6.45) is -1.82. The van der Waals surface area contributed by atoms with Crippen molar-refractivity contribution in [3.05, 3.63) is 108 Å². The normalized spacial score (nSPS) is 14.1. The zero-order chi connectivity index (χ0) is 32.0. The van der Waals surface area contributed by atoms with Crippen molar-refractivity contribution >= 4 is 23.2 Å². The van der Waals surface area contributed by atoms with Gasteiger partial charge in [-0.05, 0) is 59.2 Å². The third-order valence-corrected chi connectivity index (χ3v) is 7.44. The Bertz CT molecular complexity index is 1790. The van der Waals surface area contributed by atoms with E-state index in [9.17, 15) is 23.1 Å². The number of anilines is 2. The molecule has 0 saturated carbocycles. The predicted octanol–water partition coefficient (Wildman–Crippen LogP) is 5.18. The Morgan fingerprint density at radius 3 is 2.46 bits per heavy atom. The van der Waals surface area contributed by atoms with Gasteiger partial charge in [0.15, 0.2) is 5.65 Å². The lowest BCUT2D eigenvalue weighted by Gasteiger charge is -2.27. The summed E-state index contributed by atoms with van der Waals surface area (Å²) >= 11 is 0. The number of alkyl halides is 2. The molecule has 0 aliphatic carbocycles. The summed E-state index contributed by atoms with van der Waals surface area (Å²) in [6.45, 7) is 1.30. The van der Waals surface area contributed by atoms with Crippen LogP contribution in [-0.4, -0.2) is 69.8 Å². The number of carbonyl (C=O) groups is 1. The van der Waals surface area contributed by atoms with Crippen molar-refractivity contribution in [1.82, 2.24) is 24.8 Å². The predicted molar refractivity (Wildman–Crippen MR) is 165 cm³/mol. The molecule has 5 aromatic rings. The molecule has 0 spiro atoms. The molecule has 1 saturated heterocycles. The molecule has 238 valence electrons. The number of carbonyl (C=O) groups excluding carboxylic acids is 1. The van der Waals surface area contributed by atoms with Crippen LogP contribution in [0.25, 0.3) is 16.8 Å². The van der Waals surface area contributed by atoms with Crippen LogP contribution >= 0.6 is 0 Å². The van der Waals surface area contributed by atoms with Crippen molar-refractivity contribution in [2.75, 3.05) is 38.2 Å². The molecule has 6 rings (SSSR count). The molecule has 1 aliphatic heterocycles. The van der Waals surface area contributed by atoms with Crippen molar-refractivity contribution in [1.29, 1.82) is 0 Å². The Morgan fingerprint density at radius 2 is 1.72 bits per heavy atom. The molecule has 1 unspecified atom stereocenters. The number of hydrogen-bond acceptors (Lipinski definition) is 8. The fourth-order valence-corrected chi connectivity index (χ4v) is 5.00.